The normalized spacial score (nSPS) is 11.8. The summed E-state index contributed by atoms with van der Waals surface area (Å²) in [5.74, 6) is 0. The topological polar surface area (TPSA) is 9.23 Å². The summed E-state index contributed by atoms with van der Waals surface area (Å²) in [7, 11) is 1.73. The molecule has 1 aromatic rings. The average Bonchev–Trinajstić information content (AvgIpc) is 2.33. The number of rotatable bonds is 6. The zero-order chi connectivity index (χ0) is 12.0. The molecule has 0 amide bonds. The minimum absolute atomic E-state index is 0.0700. The van der Waals surface area contributed by atoms with E-state index in [1.807, 2.05) is 12.1 Å². The Morgan fingerprint density at radius 3 is 2.19 bits per heavy atom. The fourth-order valence-corrected chi connectivity index (χ4v) is 3.83. The van der Waals surface area contributed by atoms with Gasteiger partial charge in [-0.2, -0.15) is 0 Å². The lowest BCUT2D eigenvalue weighted by Gasteiger charge is -2.30. The van der Waals surface area contributed by atoms with Gasteiger partial charge in [-0.05, 0) is 24.1 Å². The molecule has 0 N–H and O–H groups in total. The predicted octanol–water partition coefficient (Wildman–Crippen LogP) is 4.40. The van der Waals surface area contributed by atoms with Crippen LogP contribution in [0.3, 0.4) is 0 Å². The van der Waals surface area contributed by atoms with Crippen molar-refractivity contribution in [2.75, 3.05) is 24.4 Å². The molecule has 0 radical (unpaired) electrons. The van der Waals surface area contributed by atoms with Crippen LogP contribution < -0.4 is 0 Å². The van der Waals surface area contributed by atoms with Crippen LogP contribution in [0.25, 0.3) is 0 Å². The lowest BCUT2D eigenvalue weighted by molar-refractivity contribution is 0.177. The van der Waals surface area contributed by atoms with Crippen molar-refractivity contribution in [1.29, 1.82) is 0 Å². The van der Waals surface area contributed by atoms with E-state index >= 15 is 0 Å². The van der Waals surface area contributed by atoms with Gasteiger partial charge in [-0.15, -0.1) is 0 Å². The molecule has 0 aliphatic rings. The summed E-state index contributed by atoms with van der Waals surface area (Å²) in [5, 5.41) is 2.57. The second kappa shape index (κ2) is 7.00. The first kappa shape index (κ1) is 14.5. The lowest BCUT2D eigenvalue weighted by atomic mass is 9.82. The maximum atomic E-state index is 5.90. The van der Waals surface area contributed by atoms with Crippen molar-refractivity contribution < 1.29 is 4.74 Å². The van der Waals surface area contributed by atoms with Crippen LogP contribution in [0, 0.1) is 0 Å². The number of hydrogen-bond donors (Lipinski definition) is 0. The van der Waals surface area contributed by atoms with Crippen molar-refractivity contribution in [2.24, 2.45) is 0 Å². The number of ether oxygens (including phenoxy) is 1. The van der Waals surface area contributed by atoms with Crippen LogP contribution in [0.2, 0.25) is 5.02 Å². The van der Waals surface area contributed by atoms with Crippen LogP contribution in [-0.4, -0.2) is 24.4 Å². The van der Waals surface area contributed by atoms with Crippen molar-refractivity contribution in [2.45, 2.75) is 11.8 Å². The summed E-state index contributed by atoms with van der Waals surface area (Å²) in [4.78, 5) is 0. The molecule has 4 heteroatoms. The Labute approximate surface area is 119 Å². The largest absolute Gasteiger partial charge is 0.385 e. The molecule has 0 aliphatic carbocycles. The number of methoxy groups -OCH3 is 1. The van der Waals surface area contributed by atoms with Gasteiger partial charge >= 0.3 is 0 Å². The van der Waals surface area contributed by atoms with Gasteiger partial charge in [0.1, 0.15) is 0 Å². The fourth-order valence-electron chi connectivity index (χ4n) is 1.57. The van der Waals surface area contributed by atoms with Crippen molar-refractivity contribution >= 4 is 43.5 Å². The van der Waals surface area contributed by atoms with E-state index in [1.165, 1.54) is 5.56 Å². The first-order valence-electron chi connectivity index (χ1n) is 5.05. The Morgan fingerprint density at radius 2 is 1.75 bits per heavy atom. The van der Waals surface area contributed by atoms with Gasteiger partial charge in [0, 0.05) is 34.8 Å². The predicted molar refractivity (Wildman–Crippen MR) is 77.2 cm³/mol. The Balaban J connectivity index is 2.95. The van der Waals surface area contributed by atoms with E-state index in [1.54, 1.807) is 7.11 Å². The van der Waals surface area contributed by atoms with E-state index < -0.39 is 0 Å². The molecule has 0 aliphatic heterocycles. The van der Waals surface area contributed by atoms with Gasteiger partial charge in [-0.3, -0.25) is 0 Å². The number of alkyl halides is 2. The molecule has 90 valence electrons. The average molecular weight is 371 g/mol. The van der Waals surface area contributed by atoms with E-state index in [2.05, 4.69) is 44.0 Å². The smallest absolute Gasteiger partial charge is 0.0471 e. The van der Waals surface area contributed by atoms with Gasteiger partial charge in [0.25, 0.3) is 0 Å². The van der Waals surface area contributed by atoms with Crippen molar-refractivity contribution in [3.8, 4) is 0 Å². The van der Waals surface area contributed by atoms with E-state index in [9.17, 15) is 0 Å². The highest BCUT2D eigenvalue weighted by Gasteiger charge is 2.29. The number of halogens is 3. The maximum absolute atomic E-state index is 5.90. The zero-order valence-corrected chi connectivity index (χ0v) is 13.1. The Hall–Kier alpha value is 0.430. The Kier molecular flexibility index (Phi) is 6.34. The molecule has 0 fully saturated rings. The molecule has 0 bridgehead atoms. The van der Waals surface area contributed by atoms with Crippen LogP contribution in [0.5, 0.6) is 0 Å². The van der Waals surface area contributed by atoms with Gasteiger partial charge in [0.2, 0.25) is 0 Å². The van der Waals surface area contributed by atoms with Crippen LogP contribution in [0.4, 0.5) is 0 Å². The molecule has 0 spiro atoms. The molecule has 16 heavy (non-hydrogen) atoms. The second-order valence-corrected chi connectivity index (χ2v) is 5.36. The lowest BCUT2D eigenvalue weighted by Crippen LogP contribution is -2.31. The summed E-state index contributed by atoms with van der Waals surface area (Å²) in [6.07, 6.45) is 0.974. The molecular weight excluding hydrogens is 355 g/mol. The molecule has 0 saturated carbocycles. The quantitative estimate of drug-likeness (QED) is 0.674. The standard InChI is InChI=1S/C12H15Br2ClO/c1-16-7-6-12(8-13,9-14)10-2-4-11(15)5-3-10/h2-5H,6-9H2,1H3. The molecule has 0 heterocycles. The Bertz CT molecular complexity index is 309. The summed E-state index contributed by atoms with van der Waals surface area (Å²) in [6.45, 7) is 0.750. The van der Waals surface area contributed by atoms with Crippen LogP contribution in [-0.2, 0) is 10.2 Å². The summed E-state index contributed by atoms with van der Waals surface area (Å²) >= 11 is 13.1. The van der Waals surface area contributed by atoms with Crippen LogP contribution in [0.15, 0.2) is 24.3 Å². The fraction of sp³-hybridized carbons (Fsp3) is 0.500. The monoisotopic (exact) mass is 368 g/mol. The minimum Gasteiger partial charge on any atom is -0.385 e. The molecular formula is C12H15Br2ClO. The van der Waals surface area contributed by atoms with Crippen LogP contribution in [0.1, 0.15) is 12.0 Å². The van der Waals surface area contributed by atoms with E-state index in [-0.39, 0.29) is 5.41 Å². The summed E-state index contributed by atoms with van der Waals surface area (Å²) in [6, 6.07) is 8.04. The first-order valence-corrected chi connectivity index (χ1v) is 7.67. The number of benzene rings is 1. The van der Waals surface area contributed by atoms with Crippen molar-refractivity contribution in [3.05, 3.63) is 34.9 Å². The molecule has 0 unspecified atom stereocenters. The maximum Gasteiger partial charge on any atom is 0.0471 e. The highest BCUT2D eigenvalue weighted by Crippen LogP contribution is 2.33. The van der Waals surface area contributed by atoms with Gasteiger partial charge < -0.3 is 4.74 Å². The zero-order valence-electron chi connectivity index (χ0n) is 9.18. The van der Waals surface area contributed by atoms with E-state index in [4.69, 9.17) is 16.3 Å². The summed E-state index contributed by atoms with van der Waals surface area (Å²) < 4.78 is 5.18. The third-order valence-electron chi connectivity index (χ3n) is 2.75. The highest BCUT2D eigenvalue weighted by molar-refractivity contribution is 9.09. The third-order valence-corrected chi connectivity index (χ3v) is 5.15. The molecule has 0 aromatic heterocycles. The second-order valence-electron chi connectivity index (χ2n) is 3.80. The number of hydrogen-bond acceptors (Lipinski definition) is 1. The van der Waals surface area contributed by atoms with Crippen molar-refractivity contribution in [1.82, 2.24) is 0 Å². The summed E-state index contributed by atoms with van der Waals surface area (Å²) in [5.41, 5.74) is 1.35. The molecule has 0 atom stereocenters. The molecule has 1 nitrogen and oxygen atoms in total. The molecule has 1 aromatic carbocycles. The van der Waals surface area contributed by atoms with Gasteiger partial charge in [-0.1, -0.05) is 55.6 Å². The van der Waals surface area contributed by atoms with Crippen molar-refractivity contribution in [3.63, 3.8) is 0 Å². The van der Waals surface area contributed by atoms with E-state index in [0.29, 0.717) is 0 Å². The van der Waals surface area contributed by atoms with Crippen LogP contribution >= 0.6 is 43.5 Å². The Morgan fingerprint density at radius 1 is 1.19 bits per heavy atom. The first-order chi connectivity index (χ1) is 7.68. The minimum atomic E-state index is 0.0700. The third kappa shape index (κ3) is 3.46. The highest BCUT2D eigenvalue weighted by atomic mass is 79.9. The van der Waals surface area contributed by atoms with E-state index in [0.717, 1.165) is 28.7 Å². The van der Waals surface area contributed by atoms with Gasteiger partial charge in [0.05, 0.1) is 0 Å². The van der Waals surface area contributed by atoms with Gasteiger partial charge in [0.15, 0.2) is 0 Å². The SMILES string of the molecule is COCCC(CBr)(CBr)c1ccc(Cl)cc1. The molecule has 0 saturated heterocycles. The molecule has 1 rings (SSSR count). The van der Waals surface area contributed by atoms with Gasteiger partial charge in [-0.25, -0.2) is 0 Å².